The molecule has 4 rings (SSSR count). The van der Waals surface area contributed by atoms with Gasteiger partial charge in [-0.1, -0.05) is 75.2 Å². The van der Waals surface area contributed by atoms with Crippen LogP contribution in [0.5, 0.6) is 0 Å². The summed E-state index contributed by atoms with van der Waals surface area (Å²) in [5, 5.41) is -0.505. The van der Waals surface area contributed by atoms with Crippen LogP contribution in [0.4, 0.5) is 26.3 Å². The lowest BCUT2D eigenvalue weighted by Gasteiger charge is -2.37. The first-order chi connectivity index (χ1) is 38.7. The number of benzene rings is 2. The van der Waals surface area contributed by atoms with Crippen molar-refractivity contribution in [3.05, 3.63) is 126 Å². The van der Waals surface area contributed by atoms with Gasteiger partial charge in [0.15, 0.2) is 0 Å². The third-order valence-corrected chi connectivity index (χ3v) is 12.6. The number of nitrogens with zero attached hydrogens (tertiary/aromatic N) is 2. The van der Waals surface area contributed by atoms with Crippen LogP contribution in [0, 0.1) is 11.8 Å². The van der Waals surface area contributed by atoms with Gasteiger partial charge in [-0.3, -0.25) is 0 Å². The third kappa shape index (κ3) is 17.5. The lowest BCUT2D eigenvalue weighted by Crippen LogP contribution is -2.39. The summed E-state index contributed by atoms with van der Waals surface area (Å²) in [6.45, 7) is 7.24. The van der Waals surface area contributed by atoms with E-state index in [9.17, 15) is 55.1 Å². The zero-order valence-electron chi connectivity index (χ0n) is 46.0. The second-order valence-corrected chi connectivity index (χ2v) is 19.4. The molecule has 0 aliphatic carbocycles. The summed E-state index contributed by atoms with van der Waals surface area (Å²) in [7, 11) is 1.88. The Hall–Kier alpha value is -6.52. The van der Waals surface area contributed by atoms with Crippen molar-refractivity contribution in [3.8, 4) is 0 Å². The van der Waals surface area contributed by atoms with Crippen molar-refractivity contribution < 1.29 is 103 Å². The summed E-state index contributed by atoms with van der Waals surface area (Å²) in [6.07, 6.45) is -9.05. The first-order valence-electron chi connectivity index (χ1n) is 25.2. The van der Waals surface area contributed by atoms with Crippen molar-refractivity contribution in [2.45, 2.75) is 65.7 Å². The molecule has 0 fully saturated rings. The highest BCUT2D eigenvalue weighted by Crippen LogP contribution is 2.50. The van der Waals surface area contributed by atoms with Crippen LogP contribution in [0.25, 0.3) is 0 Å². The largest absolute Gasteiger partial charge is 0.466 e. The Morgan fingerprint density at radius 3 is 1.20 bits per heavy atom. The second kappa shape index (κ2) is 31.2. The average molecular weight is 1210 g/mol. The number of hydrogen-bond acceptors (Lipinski definition) is 20. The van der Waals surface area contributed by atoms with Gasteiger partial charge >= 0.3 is 48.2 Å². The number of alkyl halides is 6. The molecule has 0 saturated heterocycles. The summed E-state index contributed by atoms with van der Waals surface area (Å²) >= 11 is 13.0. The number of esters is 4. The molecule has 0 spiro atoms. The molecule has 4 N–H and O–H groups in total. The van der Waals surface area contributed by atoms with Gasteiger partial charge in [-0.05, 0) is 48.9 Å². The van der Waals surface area contributed by atoms with Crippen LogP contribution >= 0.6 is 23.2 Å². The Bertz CT molecular complexity index is 2630. The highest BCUT2D eigenvalue weighted by atomic mass is 35.5. The van der Waals surface area contributed by atoms with Crippen LogP contribution in [-0.2, 0) is 88.7 Å². The number of hydroxylamine groups is 4. The number of hydrogen-bond donors (Lipinski definition) is 2. The van der Waals surface area contributed by atoms with E-state index in [4.69, 9.17) is 82.2 Å². The van der Waals surface area contributed by atoms with Crippen molar-refractivity contribution in [2.75, 3.05) is 93.4 Å². The van der Waals surface area contributed by atoms with Gasteiger partial charge in [0.25, 0.3) is 0 Å². The van der Waals surface area contributed by atoms with Gasteiger partial charge in [0.2, 0.25) is 0 Å². The van der Waals surface area contributed by atoms with Crippen molar-refractivity contribution in [1.29, 1.82) is 0 Å². The highest BCUT2D eigenvalue weighted by Gasteiger charge is 2.48. The van der Waals surface area contributed by atoms with Crippen molar-refractivity contribution in [1.82, 2.24) is 10.1 Å². The summed E-state index contributed by atoms with van der Waals surface area (Å²) in [4.78, 5) is 96.2. The minimum atomic E-state index is -5.03. The van der Waals surface area contributed by atoms with Crippen LogP contribution in [0.2, 0.25) is 10.0 Å². The van der Waals surface area contributed by atoms with E-state index in [-0.39, 0.29) is 89.2 Å². The predicted octanol–water partition coefficient (Wildman–Crippen LogP) is 7.79. The van der Waals surface area contributed by atoms with Gasteiger partial charge in [0.05, 0.1) is 158 Å². The zero-order valence-corrected chi connectivity index (χ0v) is 47.5. The Kier molecular flexibility index (Phi) is 25.9. The van der Waals surface area contributed by atoms with Crippen LogP contribution in [0.1, 0.15) is 75.6 Å². The molecule has 28 heteroatoms. The standard InChI is InChI=1S/C54H64Cl2F6N4O16/c1-29(2)25-79-51(71)45-37(27-77-23-21-75-19-17-63)65(31(5)41(49(69)73-7)43(45)33-11-9-13-35(47(33)55)53(57,58)59)81-39(67)15-16-40(68)82-66-32(6)42(50(70)74-8)44(34-12-10-14-36(48(34)56)54(60,61)62)46(52(72)80-26-30(3)4)38(66)28-78-24-22-76-20-18-64/h9-16,29-30,43-44H,17-28,63-64H2,1-8H3/b16-15+/t43-,44-/m0/s1. The summed E-state index contributed by atoms with van der Waals surface area (Å²) in [5.74, 6) is -12.0. The third-order valence-electron chi connectivity index (χ3n) is 11.8. The number of halogens is 8. The molecule has 452 valence electrons. The Morgan fingerprint density at radius 2 is 0.890 bits per heavy atom. The summed E-state index contributed by atoms with van der Waals surface area (Å²) in [6, 6.07) is 5.64. The lowest BCUT2D eigenvalue weighted by atomic mass is 9.79. The van der Waals surface area contributed by atoms with Gasteiger partial charge in [-0.15, -0.1) is 0 Å². The van der Waals surface area contributed by atoms with Crippen molar-refractivity contribution in [2.24, 2.45) is 23.3 Å². The molecule has 2 aliphatic rings. The maximum atomic E-state index is 14.4. The molecule has 0 unspecified atom stereocenters. The fourth-order valence-corrected chi connectivity index (χ4v) is 8.88. The number of ether oxygens (including phenoxy) is 8. The van der Waals surface area contributed by atoms with E-state index < -0.39 is 139 Å². The topological polar surface area (TPSA) is 253 Å². The second-order valence-electron chi connectivity index (χ2n) is 18.6. The van der Waals surface area contributed by atoms with Gasteiger partial charge in [-0.2, -0.15) is 36.5 Å². The predicted molar refractivity (Wildman–Crippen MR) is 280 cm³/mol. The van der Waals surface area contributed by atoms with E-state index in [0.717, 1.165) is 38.5 Å². The normalized spacial score (nSPS) is 16.2. The number of allylic oxidation sites excluding steroid dienone is 2. The molecule has 2 aliphatic heterocycles. The smallest absolute Gasteiger partial charge is 0.417 e. The molecule has 0 saturated carbocycles. The van der Waals surface area contributed by atoms with E-state index in [1.165, 1.54) is 13.8 Å². The van der Waals surface area contributed by atoms with Crippen LogP contribution in [0.3, 0.4) is 0 Å². The molecule has 20 nitrogen and oxygen atoms in total. The number of rotatable bonds is 28. The maximum absolute atomic E-state index is 14.4. The van der Waals surface area contributed by atoms with Crippen LogP contribution < -0.4 is 11.5 Å². The van der Waals surface area contributed by atoms with Gasteiger partial charge < -0.3 is 59.0 Å². The molecule has 0 bridgehead atoms. The van der Waals surface area contributed by atoms with E-state index in [2.05, 4.69) is 0 Å². The monoisotopic (exact) mass is 1210 g/mol. The maximum Gasteiger partial charge on any atom is 0.417 e. The molecule has 2 atom stereocenters. The van der Waals surface area contributed by atoms with Gasteiger partial charge in [0.1, 0.15) is 0 Å². The van der Waals surface area contributed by atoms with E-state index >= 15 is 0 Å². The molecule has 2 heterocycles. The van der Waals surface area contributed by atoms with Gasteiger partial charge in [-0.25, -0.2) is 28.8 Å². The quantitative estimate of drug-likeness (QED) is 0.0271. The molecular formula is C54H64Cl2F6N4O16. The molecular weight excluding hydrogens is 1150 g/mol. The van der Waals surface area contributed by atoms with E-state index in [1.54, 1.807) is 27.7 Å². The molecule has 2 aromatic carbocycles. The SMILES string of the molecule is COC(=O)C1=C(C)N(OC(=O)/C=C/C(=O)ON2C(C)=C(C(=O)OC)[C@H](c3cccc(C(F)(F)F)c3Cl)C(C(=O)OCC(C)C)=C2COCCOCCN)C(COCCOCCN)=C(C(=O)OCC(C)C)[C@H]1c1cccc(C(F)(F)F)c1Cl. The number of nitrogens with two attached hydrogens (primary N) is 2. The zero-order chi connectivity index (χ0) is 61.2. The fraction of sp³-hybridized carbons (Fsp3) is 0.481. The number of methoxy groups -OCH3 is 2. The molecule has 0 aromatic heterocycles. The minimum absolute atomic E-state index is 0.0628. The Balaban J connectivity index is 1.94. The molecule has 0 amide bonds. The Labute approximate surface area is 478 Å². The van der Waals surface area contributed by atoms with Gasteiger partial charge in [0, 0.05) is 25.2 Å². The fourth-order valence-electron chi connectivity index (χ4n) is 8.19. The summed E-state index contributed by atoms with van der Waals surface area (Å²) < 4.78 is 130. The molecule has 0 radical (unpaired) electrons. The van der Waals surface area contributed by atoms with Crippen LogP contribution in [-0.4, -0.2) is 139 Å². The first kappa shape index (κ1) is 68.0. The number of carbonyl (C=O) groups is 6. The molecule has 82 heavy (non-hydrogen) atoms. The van der Waals surface area contributed by atoms with E-state index in [0.29, 0.717) is 34.4 Å². The summed E-state index contributed by atoms with van der Waals surface area (Å²) in [5.41, 5.74) is 3.78. The minimum Gasteiger partial charge on any atom is -0.466 e. The van der Waals surface area contributed by atoms with E-state index in [1.807, 2.05) is 0 Å². The average Bonchev–Trinajstić information content (AvgIpc) is 2.40. The molecule has 2 aromatic rings. The lowest BCUT2D eigenvalue weighted by molar-refractivity contribution is -0.173. The van der Waals surface area contributed by atoms with Crippen molar-refractivity contribution in [3.63, 3.8) is 0 Å². The van der Waals surface area contributed by atoms with Crippen LogP contribution in [0.15, 0.2) is 93.6 Å². The first-order valence-corrected chi connectivity index (χ1v) is 26.0. The Morgan fingerprint density at radius 1 is 0.549 bits per heavy atom. The number of carbonyl (C=O) groups excluding carboxylic acids is 6. The van der Waals surface area contributed by atoms with Crippen molar-refractivity contribution >= 4 is 59.0 Å². The highest BCUT2D eigenvalue weighted by molar-refractivity contribution is 6.33.